The average molecular weight is 695 g/mol. The van der Waals surface area contributed by atoms with Gasteiger partial charge in [0.1, 0.15) is 0 Å². The van der Waals surface area contributed by atoms with Crippen LogP contribution in [0, 0.1) is 49.7 Å². The highest BCUT2D eigenvalue weighted by Crippen LogP contribution is 2.61. The van der Waals surface area contributed by atoms with Crippen LogP contribution in [0.1, 0.15) is 142 Å². The lowest BCUT2D eigenvalue weighted by atomic mass is 9.47. The van der Waals surface area contributed by atoms with Crippen LogP contribution in [0.3, 0.4) is 0 Å². The van der Waals surface area contributed by atoms with E-state index in [1.807, 2.05) is 20.8 Å². The van der Waals surface area contributed by atoms with Gasteiger partial charge in [-0.05, 0) is 71.0 Å². The number of amides is 4. The molecule has 0 fully saturated rings. The smallest absolute Gasteiger partial charge is 0.233 e. The molecule has 0 aromatic rings. The first-order valence-electron chi connectivity index (χ1n) is 18.5. The molecule has 0 saturated carbocycles. The molecule has 0 aliphatic heterocycles. The van der Waals surface area contributed by atoms with Gasteiger partial charge in [-0.3, -0.25) is 19.2 Å². The summed E-state index contributed by atoms with van der Waals surface area (Å²) in [7, 11) is 0. The summed E-state index contributed by atoms with van der Waals surface area (Å²) in [6.07, 6.45) is 4.12. The second-order valence-electron chi connectivity index (χ2n) is 19.4. The molecule has 0 radical (unpaired) electrons. The number of hydrogen-bond donors (Lipinski definition) is 6. The average Bonchev–Trinajstić information content (AvgIpc) is 2.94. The monoisotopic (exact) mass is 695 g/mol. The summed E-state index contributed by atoms with van der Waals surface area (Å²) >= 11 is 0. The van der Waals surface area contributed by atoms with Gasteiger partial charge >= 0.3 is 0 Å². The van der Waals surface area contributed by atoms with E-state index in [4.69, 9.17) is 17.2 Å². The van der Waals surface area contributed by atoms with Crippen molar-refractivity contribution in [2.45, 2.75) is 142 Å². The van der Waals surface area contributed by atoms with Crippen LogP contribution < -0.4 is 33.2 Å². The molecule has 10 heteroatoms. The number of unbranched alkanes of at least 4 members (excludes halogenated alkanes) is 2. The van der Waals surface area contributed by atoms with Crippen LogP contribution in [-0.2, 0) is 19.2 Å². The minimum absolute atomic E-state index is 0.0244. The molecule has 4 amide bonds. The van der Waals surface area contributed by atoms with Crippen LogP contribution in [-0.4, -0.2) is 56.4 Å². The normalized spacial score (nSPS) is 15.9. The fraction of sp³-hybridized carbons (Fsp3) is 0.897. The maximum atomic E-state index is 14.5. The predicted molar refractivity (Wildman–Crippen MR) is 203 cm³/mol. The number of primary amides is 1. The quantitative estimate of drug-likeness (QED) is 0.0861. The molecule has 288 valence electrons. The summed E-state index contributed by atoms with van der Waals surface area (Å²) in [5.41, 5.74) is 13.8. The van der Waals surface area contributed by atoms with Crippen molar-refractivity contribution < 1.29 is 19.2 Å². The molecule has 0 bridgehead atoms. The third kappa shape index (κ3) is 12.8. The van der Waals surface area contributed by atoms with Crippen molar-refractivity contribution in [3.8, 4) is 0 Å². The minimum atomic E-state index is -0.771. The van der Waals surface area contributed by atoms with Crippen molar-refractivity contribution in [2.24, 2.45) is 66.9 Å². The highest BCUT2D eigenvalue weighted by atomic mass is 16.2. The van der Waals surface area contributed by atoms with Gasteiger partial charge < -0.3 is 33.2 Å². The molecule has 3 atom stereocenters. The maximum absolute atomic E-state index is 14.5. The van der Waals surface area contributed by atoms with E-state index in [9.17, 15) is 19.2 Å². The number of rotatable bonds is 21. The first-order valence-corrected chi connectivity index (χ1v) is 18.5. The SMILES string of the molecule is CC(C)(C)CC(C)(C(=O)NCCN)C(C)(C)C(C)(C)CC(C(=O)NCCCCCNC(=O)CN)C(C)(C)C(C)(C)CC(C(N)=O)C(C)(C)C. The van der Waals surface area contributed by atoms with Crippen LogP contribution in [0.15, 0.2) is 0 Å². The van der Waals surface area contributed by atoms with Gasteiger partial charge in [0, 0.05) is 38.0 Å². The summed E-state index contributed by atoms with van der Waals surface area (Å²) in [4.78, 5) is 52.7. The molecule has 0 rings (SSSR count). The second-order valence-corrected chi connectivity index (χ2v) is 19.4. The van der Waals surface area contributed by atoms with Crippen molar-refractivity contribution >= 4 is 23.6 Å². The first kappa shape index (κ1) is 46.8. The lowest BCUT2D eigenvalue weighted by Gasteiger charge is -2.57. The van der Waals surface area contributed by atoms with Gasteiger partial charge in [-0.1, -0.05) is 104 Å². The molecule has 0 aliphatic carbocycles. The molecule has 49 heavy (non-hydrogen) atoms. The van der Waals surface area contributed by atoms with Crippen molar-refractivity contribution in [3.05, 3.63) is 0 Å². The van der Waals surface area contributed by atoms with Gasteiger partial charge in [0.15, 0.2) is 0 Å². The number of hydrogen-bond acceptors (Lipinski definition) is 6. The van der Waals surface area contributed by atoms with Crippen LogP contribution in [0.2, 0.25) is 0 Å². The molecule has 0 spiro atoms. The number of nitrogens with one attached hydrogen (secondary N) is 3. The minimum Gasteiger partial charge on any atom is -0.369 e. The molecule has 0 aromatic heterocycles. The largest absolute Gasteiger partial charge is 0.369 e. The van der Waals surface area contributed by atoms with Crippen LogP contribution in [0.4, 0.5) is 0 Å². The molecule has 10 nitrogen and oxygen atoms in total. The Morgan fingerprint density at radius 2 is 1.10 bits per heavy atom. The highest BCUT2D eigenvalue weighted by Gasteiger charge is 2.58. The van der Waals surface area contributed by atoms with E-state index in [1.165, 1.54) is 0 Å². The van der Waals surface area contributed by atoms with Gasteiger partial charge in [0.2, 0.25) is 23.6 Å². The second kappa shape index (κ2) is 17.8. The van der Waals surface area contributed by atoms with Crippen LogP contribution in [0.25, 0.3) is 0 Å². The third-order valence-electron chi connectivity index (χ3n) is 12.3. The summed E-state index contributed by atoms with van der Waals surface area (Å²) in [6.45, 7) is 33.7. The summed E-state index contributed by atoms with van der Waals surface area (Å²) in [5.74, 6) is -1.38. The van der Waals surface area contributed by atoms with E-state index in [0.717, 1.165) is 19.3 Å². The topological polar surface area (TPSA) is 182 Å². The van der Waals surface area contributed by atoms with E-state index >= 15 is 0 Å². The maximum Gasteiger partial charge on any atom is 0.233 e. The Kier molecular flexibility index (Phi) is 17.0. The molecular formula is C39H78N6O4. The molecule has 0 heterocycles. The van der Waals surface area contributed by atoms with Crippen molar-refractivity contribution in [1.82, 2.24) is 16.0 Å². The zero-order valence-corrected chi connectivity index (χ0v) is 34.3. The summed E-state index contributed by atoms with van der Waals surface area (Å²) in [6, 6.07) is 0. The van der Waals surface area contributed by atoms with Gasteiger partial charge in [-0.25, -0.2) is 0 Å². The van der Waals surface area contributed by atoms with Crippen molar-refractivity contribution in [2.75, 3.05) is 32.7 Å². The number of carbonyl (C=O) groups is 4. The first-order chi connectivity index (χ1) is 21.9. The van der Waals surface area contributed by atoms with Crippen LogP contribution in [0.5, 0.6) is 0 Å². The standard InChI is InChI=1S/C39H78N6O4/c1-33(2,3)26-39(15,32(49)45-22-19-40)38(13,14)36(9,10)24-28(31(48)44-21-18-16-17-20-43-29(46)25-41)37(11,12)35(7,8)23-27(30(42)47)34(4,5)6/h27-28H,16-26,40-41H2,1-15H3,(H2,42,47)(H,43,46)(H,44,48)(H,45,49). The van der Waals surface area contributed by atoms with E-state index in [1.54, 1.807) is 0 Å². The molecular weight excluding hydrogens is 616 g/mol. The molecule has 9 N–H and O–H groups in total. The van der Waals surface area contributed by atoms with Crippen molar-refractivity contribution in [3.63, 3.8) is 0 Å². The Morgan fingerprint density at radius 3 is 1.53 bits per heavy atom. The Balaban J connectivity index is 6.80. The molecule has 3 unspecified atom stereocenters. The van der Waals surface area contributed by atoms with Gasteiger partial charge in [0.05, 0.1) is 12.0 Å². The Morgan fingerprint density at radius 1 is 0.612 bits per heavy atom. The zero-order chi connectivity index (χ0) is 38.9. The number of carbonyl (C=O) groups excluding carboxylic acids is 4. The Bertz CT molecular complexity index is 1100. The third-order valence-corrected chi connectivity index (χ3v) is 12.3. The molecule has 0 saturated heterocycles. The van der Waals surface area contributed by atoms with E-state index in [2.05, 4.69) is 99.0 Å². The fourth-order valence-corrected chi connectivity index (χ4v) is 7.35. The lowest BCUT2D eigenvalue weighted by molar-refractivity contribution is -0.153. The van der Waals surface area contributed by atoms with E-state index in [0.29, 0.717) is 45.4 Å². The molecule has 0 aliphatic rings. The zero-order valence-electron chi connectivity index (χ0n) is 34.3. The fourth-order valence-electron chi connectivity index (χ4n) is 7.35. The van der Waals surface area contributed by atoms with Gasteiger partial charge in [-0.2, -0.15) is 0 Å². The lowest BCUT2D eigenvalue weighted by Crippen LogP contribution is -2.58. The van der Waals surface area contributed by atoms with Crippen LogP contribution >= 0.6 is 0 Å². The summed E-state index contributed by atoms with van der Waals surface area (Å²) < 4.78 is 0. The van der Waals surface area contributed by atoms with Gasteiger partial charge in [0.25, 0.3) is 0 Å². The Labute approximate surface area is 300 Å². The van der Waals surface area contributed by atoms with E-state index < -0.39 is 33.0 Å². The van der Waals surface area contributed by atoms with E-state index in [-0.39, 0.29) is 46.9 Å². The number of nitrogens with two attached hydrogens (primary N) is 3. The molecule has 0 aromatic carbocycles. The predicted octanol–water partition coefficient (Wildman–Crippen LogP) is 5.51. The summed E-state index contributed by atoms with van der Waals surface area (Å²) in [5, 5.41) is 9.13. The highest BCUT2D eigenvalue weighted by molar-refractivity contribution is 5.83. The van der Waals surface area contributed by atoms with Gasteiger partial charge in [-0.15, -0.1) is 0 Å². The Hall–Kier alpha value is -2.20. The van der Waals surface area contributed by atoms with Crippen molar-refractivity contribution in [1.29, 1.82) is 0 Å².